The molecule has 0 radical (unpaired) electrons. The van der Waals surface area contributed by atoms with E-state index in [0.717, 1.165) is 128 Å². The smallest absolute Gasteiger partial charge is 0.220 e. The number of hydrogen-bond donors (Lipinski definition) is 3. The SMILES string of the molecule is CC/C=C\C/C=C\C/C=C\C/C=C\C/C=C\C/C=C\C/C=C\C/C=C\C/C=C\C/C=C\C/C=C\C/C=C\CCCCCCC(=O)NC(CO)C(O)/C=C/CC/C=C/CCCCCCCCCCCCCCCCCCCCCCC. The van der Waals surface area contributed by atoms with E-state index in [4.69, 9.17) is 0 Å². The molecule has 0 saturated carbocycles. The summed E-state index contributed by atoms with van der Waals surface area (Å²) in [6, 6.07) is -0.667. The number of carbonyl (C=O) groups is 1. The van der Waals surface area contributed by atoms with Crippen molar-refractivity contribution in [3.8, 4) is 0 Å². The highest BCUT2D eigenvalue weighted by Crippen LogP contribution is 2.16. The standard InChI is InChI=1S/C76H125NO3/c1-3-5-7-9-11-13-15-17-19-21-23-25-27-29-31-32-33-34-35-36-37-38-39-40-41-42-43-44-46-48-50-52-54-56-58-60-62-64-66-68-70-72-76(80)77-74(73-78)75(79)71-69-67-65-63-61-59-57-55-53-51-49-47-45-30-28-26-24-22-20-18-16-14-12-10-8-6-4-2/h5,7,11,13,17,19,23,25,29,31,33-34,36-37,39-40,42-43,46,48,52,54,58,60-61,63,69,71,74-75,78-79H,3-4,6,8-10,12,14-16,18,20-22,24,26-28,30,32,35,38,41,44-45,47,49-51,53,55-57,59,62,64-68,70,72-73H2,1-2H3,(H,77,80)/b7-5-,13-11-,19-17-,25-23-,31-29-,34-33-,37-36-,40-39-,43-42-,48-46-,54-52-,60-58-,63-61+,71-69+. The van der Waals surface area contributed by atoms with Gasteiger partial charge in [0.1, 0.15) is 0 Å². The zero-order valence-electron chi connectivity index (χ0n) is 52.0. The first-order valence-corrected chi connectivity index (χ1v) is 33.3. The largest absolute Gasteiger partial charge is 0.394 e. The quantitative estimate of drug-likeness (QED) is 0.0420. The van der Waals surface area contributed by atoms with Gasteiger partial charge in [-0.15, -0.1) is 0 Å². The van der Waals surface area contributed by atoms with Gasteiger partial charge in [0.05, 0.1) is 18.8 Å². The number of aliphatic hydroxyl groups excluding tert-OH is 2. The average molecular weight is 1100 g/mol. The van der Waals surface area contributed by atoms with Crippen molar-refractivity contribution in [2.24, 2.45) is 0 Å². The predicted molar refractivity (Wildman–Crippen MR) is 358 cm³/mol. The van der Waals surface area contributed by atoms with Crippen molar-refractivity contribution in [2.75, 3.05) is 6.61 Å². The Balaban J connectivity index is 3.69. The minimum absolute atomic E-state index is 0.103. The predicted octanol–water partition coefficient (Wildman–Crippen LogP) is 23.0. The summed E-state index contributed by atoms with van der Waals surface area (Å²) in [7, 11) is 0. The molecular weight excluding hydrogens is 975 g/mol. The molecule has 0 saturated heterocycles. The molecule has 2 atom stereocenters. The normalized spacial score (nSPS) is 13.9. The van der Waals surface area contributed by atoms with Gasteiger partial charge in [0.15, 0.2) is 0 Å². The van der Waals surface area contributed by atoms with Crippen LogP contribution in [0.4, 0.5) is 0 Å². The molecule has 0 aromatic carbocycles. The van der Waals surface area contributed by atoms with Gasteiger partial charge >= 0.3 is 0 Å². The number of unbranched alkanes of at least 4 members (excludes halogenated alkanes) is 26. The number of allylic oxidation sites excluding steroid dienone is 27. The van der Waals surface area contributed by atoms with Crippen molar-refractivity contribution in [3.63, 3.8) is 0 Å². The molecule has 0 bridgehead atoms. The van der Waals surface area contributed by atoms with Crippen LogP contribution in [-0.2, 0) is 4.79 Å². The maximum absolute atomic E-state index is 12.5. The fourth-order valence-electron chi connectivity index (χ4n) is 9.18. The van der Waals surface area contributed by atoms with Crippen molar-refractivity contribution in [2.45, 2.75) is 296 Å². The second-order valence-corrected chi connectivity index (χ2v) is 21.8. The summed E-state index contributed by atoms with van der Waals surface area (Å²) in [4.78, 5) is 12.5. The van der Waals surface area contributed by atoms with Gasteiger partial charge in [-0.2, -0.15) is 0 Å². The van der Waals surface area contributed by atoms with E-state index in [2.05, 4.69) is 177 Å². The third-order valence-electron chi connectivity index (χ3n) is 14.2. The van der Waals surface area contributed by atoms with Crippen LogP contribution in [0.2, 0.25) is 0 Å². The topological polar surface area (TPSA) is 69.6 Å². The van der Waals surface area contributed by atoms with Gasteiger partial charge < -0.3 is 15.5 Å². The Morgan fingerprint density at radius 3 is 0.875 bits per heavy atom. The fourth-order valence-corrected chi connectivity index (χ4v) is 9.18. The molecule has 4 nitrogen and oxygen atoms in total. The molecule has 4 heteroatoms. The molecule has 0 heterocycles. The van der Waals surface area contributed by atoms with E-state index in [1.165, 1.54) is 135 Å². The molecule has 0 aromatic rings. The van der Waals surface area contributed by atoms with Crippen LogP contribution in [-0.4, -0.2) is 34.9 Å². The Kier molecular flexibility index (Phi) is 65.4. The van der Waals surface area contributed by atoms with E-state index in [-0.39, 0.29) is 12.5 Å². The number of amides is 1. The van der Waals surface area contributed by atoms with Gasteiger partial charge in [-0.05, 0) is 122 Å². The zero-order chi connectivity index (χ0) is 57.6. The lowest BCUT2D eigenvalue weighted by molar-refractivity contribution is -0.123. The highest BCUT2D eigenvalue weighted by Gasteiger charge is 2.18. The Labute approximate surface area is 496 Å². The number of rotatable bonds is 59. The van der Waals surface area contributed by atoms with Crippen LogP contribution in [0.25, 0.3) is 0 Å². The number of carbonyl (C=O) groups excluding carboxylic acids is 1. The maximum atomic E-state index is 12.5. The molecule has 0 aliphatic carbocycles. The summed E-state index contributed by atoms with van der Waals surface area (Å²) >= 11 is 0. The summed E-state index contributed by atoms with van der Waals surface area (Å²) in [6.07, 6.45) is 111. The van der Waals surface area contributed by atoms with Crippen LogP contribution in [0.5, 0.6) is 0 Å². The Morgan fingerprint density at radius 1 is 0.312 bits per heavy atom. The molecule has 80 heavy (non-hydrogen) atoms. The van der Waals surface area contributed by atoms with Crippen LogP contribution in [0.3, 0.4) is 0 Å². The van der Waals surface area contributed by atoms with Crippen LogP contribution >= 0.6 is 0 Å². The fraction of sp³-hybridized carbons (Fsp3) is 0.618. The Bertz CT molecular complexity index is 1720. The number of aliphatic hydroxyl groups is 2. The number of hydrogen-bond acceptors (Lipinski definition) is 3. The highest BCUT2D eigenvalue weighted by molar-refractivity contribution is 5.76. The summed E-state index contributed by atoms with van der Waals surface area (Å²) in [5, 5.41) is 23.2. The minimum atomic E-state index is -0.887. The molecule has 1 amide bonds. The monoisotopic (exact) mass is 1100 g/mol. The summed E-state index contributed by atoms with van der Waals surface area (Å²) in [5.74, 6) is -0.103. The summed E-state index contributed by atoms with van der Waals surface area (Å²) < 4.78 is 0. The van der Waals surface area contributed by atoms with Crippen LogP contribution < -0.4 is 5.32 Å². The van der Waals surface area contributed by atoms with Gasteiger partial charge in [0.25, 0.3) is 0 Å². The van der Waals surface area contributed by atoms with Crippen molar-refractivity contribution in [3.05, 3.63) is 170 Å². The van der Waals surface area contributed by atoms with Crippen molar-refractivity contribution < 1.29 is 15.0 Å². The van der Waals surface area contributed by atoms with Crippen LogP contribution in [0.15, 0.2) is 170 Å². The van der Waals surface area contributed by atoms with E-state index < -0.39 is 12.1 Å². The lowest BCUT2D eigenvalue weighted by Gasteiger charge is -2.19. The first kappa shape index (κ1) is 75.8. The molecule has 0 aromatic heterocycles. The molecule has 0 spiro atoms. The van der Waals surface area contributed by atoms with E-state index in [1.54, 1.807) is 6.08 Å². The second-order valence-electron chi connectivity index (χ2n) is 21.8. The lowest BCUT2D eigenvalue weighted by atomic mass is 10.0. The minimum Gasteiger partial charge on any atom is -0.394 e. The molecule has 3 N–H and O–H groups in total. The third kappa shape index (κ3) is 64.6. The van der Waals surface area contributed by atoms with Crippen molar-refractivity contribution in [1.82, 2.24) is 5.32 Å². The zero-order valence-corrected chi connectivity index (χ0v) is 52.0. The Hall–Kier alpha value is -4.25. The summed E-state index contributed by atoms with van der Waals surface area (Å²) in [6.45, 7) is 4.18. The second kappa shape index (κ2) is 69.0. The molecule has 0 aliphatic heterocycles. The van der Waals surface area contributed by atoms with E-state index in [1.807, 2.05) is 6.08 Å². The molecule has 2 unspecified atom stereocenters. The molecule has 0 aliphatic rings. The van der Waals surface area contributed by atoms with Crippen LogP contribution in [0, 0.1) is 0 Å². The van der Waals surface area contributed by atoms with Crippen molar-refractivity contribution >= 4 is 5.91 Å². The van der Waals surface area contributed by atoms with E-state index >= 15 is 0 Å². The third-order valence-corrected chi connectivity index (χ3v) is 14.2. The Morgan fingerprint density at radius 2 is 0.562 bits per heavy atom. The van der Waals surface area contributed by atoms with E-state index in [0.29, 0.717) is 6.42 Å². The average Bonchev–Trinajstić information content (AvgIpc) is 3.46. The van der Waals surface area contributed by atoms with E-state index in [9.17, 15) is 15.0 Å². The molecule has 0 fully saturated rings. The number of nitrogens with one attached hydrogen (secondary N) is 1. The van der Waals surface area contributed by atoms with Crippen LogP contribution in [0.1, 0.15) is 284 Å². The lowest BCUT2D eigenvalue weighted by Crippen LogP contribution is -2.45. The first-order valence-electron chi connectivity index (χ1n) is 33.3. The van der Waals surface area contributed by atoms with Crippen molar-refractivity contribution in [1.29, 1.82) is 0 Å². The van der Waals surface area contributed by atoms with Gasteiger partial charge in [-0.1, -0.05) is 325 Å². The molecule has 0 rings (SSSR count). The highest BCUT2D eigenvalue weighted by atomic mass is 16.3. The first-order chi connectivity index (χ1) is 39.7. The molecular formula is C76H125NO3. The van der Waals surface area contributed by atoms with Gasteiger partial charge in [0, 0.05) is 6.42 Å². The van der Waals surface area contributed by atoms with Gasteiger partial charge in [-0.25, -0.2) is 0 Å². The maximum Gasteiger partial charge on any atom is 0.220 e. The molecule has 452 valence electrons. The van der Waals surface area contributed by atoms with Gasteiger partial charge in [-0.3, -0.25) is 4.79 Å². The van der Waals surface area contributed by atoms with Gasteiger partial charge in [0.2, 0.25) is 5.91 Å². The summed E-state index contributed by atoms with van der Waals surface area (Å²) in [5.41, 5.74) is 0.